The summed E-state index contributed by atoms with van der Waals surface area (Å²) in [6, 6.07) is 12.6. The fourth-order valence-electron chi connectivity index (χ4n) is 12.5. The van der Waals surface area contributed by atoms with E-state index in [-0.39, 0.29) is 33.1 Å². The van der Waals surface area contributed by atoms with E-state index in [1.807, 2.05) is 11.6 Å². The number of aliphatic carboxylic acids is 2. The molecule has 0 saturated heterocycles. The zero-order valence-electron chi connectivity index (χ0n) is 36.2. The summed E-state index contributed by atoms with van der Waals surface area (Å²) in [5.74, 6) is -1.74. The summed E-state index contributed by atoms with van der Waals surface area (Å²) in [5.41, 5.74) is 4.62. The number of carboxylic acid groups (broad SMARTS) is 2. The normalized spacial score (nSPS) is 27.0. The predicted octanol–water partition coefficient (Wildman–Crippen LogP) is 7.41. The van der Waals surface area contributed by atoms with Crippen LogP contribution in [0.15, 0.2) is 36.4 Å². The van der Waals surface area contributed by atoms with Crippen LogP contribution in [0.3, 0.4) is 0 Å². The number of benzene rings is 2. The molecule has 64 heavy (non-hydrogen) atoms. The summed E-state index contributed by atoms with van der Waals surface area (Å²) in [6.07, 6.45) is 12.0. The van der Waals surface area contributed by atoms with Crippen molar-refractivity contribution >= 4 is 46.7 Å². The molecule has 0 atom stereocenters. The third-order valence-corrected chi connectivity index (χ3v) is 16.8. The number of halogens is 1. The average molecular weight is 888 g/mol. The Morgan fingerprint density at radius 3 is 1.95 bits per heavy atom. The first-order chi connectivity index (χ1) is 30.7. The van der Waals surface area contributed by atoms with E-state index in [4.69, 9.17) is 16.6 Å². The van der Waals surface area contributed by atoms with Crippen LogP contribution in [0.25, 0.3) is 11.1 Å². The second-order valence-electron chi connectivity index (χ2n) is 19.9. The highest BCUT2D eigenvalue weighted by molar-refractivity contribution is 6.36. The van der Waals surface area contributed by atoms with E-state index < -0.39 is 34.6 Å². The van der Waals surface area contributed by atoms with E-state index in [2.05, 4.69) is 36.5 Å². The number of carboxylic acids is 2. The number of fused-ring (bicyclic) bond motifs is 6. The molecule has 4 bridgehead atoms. The molecule has 0 radical (unpaired) electrons. The van der Waals surface area contributed by atoms with Gasteiger partial charge in [-0.1, -0.05) is 35.9 Å². The van der Waals surface area contributed by atoms with Crippen molar-refractivity contribution in [2.45, 2.75) is 103 Å². The zero-order valence-corrected chi connectivity index (χ0v) is 37.0. The molecule has 2 amide bonds. The van der Waals surface area contributed by atoms with Gasteiger partial charge in [0.2, 0.25) is 0 Å². The molecule has 4 aromatic rings. The topological polar surface area (TPSA) is 210 Å². The van der Waals surface area contributed by atoms with Crippen molar-refractivity contribution in [1.29, 1.82) is 5.26 Å². The van der Waals surface area contributed by atoms with Crippen LogP contribution in [0, 0.1) is 33.0 Å². The molecule has 10 rings (SSSR count). The number of nitriles is 1. The summed E-state index contributed by atoms with van der Waals surface area (Å²) in [5, 5.41) is 36.2. The van der Waals surface area contributed by atoms with Crippen LogP contribution in [0.1, 0.15) is 127 Å². The lowest BCUT2D eigenvalue weighted by Gasteiger charge is -2.32. The number of H-pyrrole nitrogens is 1. The third kappa shape index (κ3) is 7.27. The number of hydrogen-bond acceptors (Lipinski definition) is 9. The van der Waals surface area contributed by atoms with Crippen molar-refractivity contribution in [3.8, 4) is 17.2 Å². The quantitative estimate of drug-likeness (QED) is 0.0893. The smallest absolute Gasteiger partial charge is 0.309 e. The van der Waals surface area contributed by atoms with Gasteiger partial charge >= 0.3 is 11.9 Å². The number of nitrogens with one attached hydrogen (secondary N) is 3. The highest BCUT2D eigenvalue weighted by Crippen LogP contribution is 2.64. The van der Waals surface area contributed by atoms with Crippen molar-refractivity contribution < 1.29 is 29.4 Å². The molecule has 6 aliphatic rings. The molecule has 334 valence electrons. The maximum Gasteiger partial charge on any atom is 0.309 e. The number of nitrogens with zero attached hydrogens (tertiary/aromatic N) is 6. The number of hydrogen-bond donors (Lipinski definition) is 5. The van der Waals surface area contributed by atoms with Crippen molar-refractivity contribution in [3.05, 3.63) is 81.4 Å². The maximum atomic E-state index is 13.9. The van der Waals surface area contributed by atoms with E-state index in [0.717, 1.165) is 132 Å². The van der Waals surface area contributed by atoms with E-state index in [1.165, 1.54) is 0 Å². The molecule has 16 heteroatoms. The van der Waals surface area contributed by atoms with Gasteiger partial charge in [-0.05, 0) is 113 Å². The molecule has 2 aromatic carbocycles. The summed E-state index contributed by atoms with van der Waals surface area (Å²) in [7, 11) is 1.84. The van der Waals surface area contributed by atoms with Gasteiger partial charge in [-0.2, -0.15) is 5.26 Å². The molecular formula is C48H54ClN9O6. The number of imidazole rings is 2. The van der Waals surface area contributed by atoms with Crippen LogP contribution in [0.4, 0.5) is 11.4 Å². The minimum Gasteiger partial charge on any atom is -0.481 e. The number of amides is 2. The predicted molar refractivity (Wildman–Crippen MR) is 238 cm³/mol. The number of rotatable bonds is 13. The summed E-state index contributed by atoms with van der Waals surface area (Å²) in [4.78, 5) is 68.8. The highest BCUT2D eigenvalue weighted by atomic mass is 35.5. The molecule has 4 saturated carbocycles. The molecule has 2 aromatic heterocycles. The molecule has 5 N–H and O–H groups in total. The Balaban J connectivity index is 0.782. The molecule has 4 heterocycles. The zero-order chi connectivity index (χ0) is 44.6. The van der Waals surface area contributed by atoms with Gasteiger partial charge in [0, 0.05) is 62.9 Å². The molecule has 0 spiro atoms. The first kappa shape index (κ1) is 42.4. The molecule has 0 unspecified atom stereocenters. The summed E-state index contributed by atoms with van der Waals surface area (Å²) < 4.78 is 1.83. The molecule has 4 fully saturated rings. The monoisotopic (exact) mass is 887 g/mol. The second kappa shape index (κ2) is 15.9. The van der Waals surface area contributed by atoms with E-state index in [9.17, 15) is 34.7 Å². The minimum absolute atomic E-state index is 0.109. The van der Waals surface area contributed by atoms with E-state index >= 15 is 0 Å². The first-order valence-electron chi connectivity index (χ1n) is 22.7. The first-order valence-corrected chi connectivity index (χ1v) is 23.1. The number of carbonyl (C=O) groups is 4. The van der Waals surface area contributed by atoms with Gasteiger partial charge in [0.05, 0.1) is 49.9 Å². The lowest BCUT2D eigenvalue weighted by molar-refractivity contribution is -0.149. The van der Waals surface area contributed by atoms with Crippen molar-refractivity contribution in [1.82, 2.24) is 29.3 Å². The van der Waals surface area contributed by atoms with Crippen molar-refractivity contribution in [2.24, 2.45) is 28.7 Å². The van der Waals surface area contributed by atoms with E-state index in [1.54, 1.807) is 36.4 Å². The van der Waals surface area contributed by atoms with Gasteiger partial charge in [0.1, 0.15) is 6.07 Å². The number of aromatic nitrogens is 4. The Morgan fingerprint density at radius 1 is 0.766 bits per heavy atom. The standard InChI is InChI=1S/C48H54ClN9O6/c1-56-37-9-21-58(23-19-46-12-16-48(28-46,17-13-46)44(63)64)26-36(37)53-40(56)42(60)54-32-6-2-4-29(31(32)24-50)30-5-3-7-34(38(30)49)55-41(59)39-51-33-8-20-57(25-35(33)52-39)22-18-45-10-14-47(27-45,15-11-45)43(61)62/h2-7H,8-23,25-28H2,1H3,(H,51,52)(H,54,60)(H,55,59)(H,61,62)(H,63,64). The second-order valence-corrected chi connectivity index (χ2v) is 20.3. The van der Waals surface area contributed by atoms with Gasteiger partial charge in [-0.25, -0.2) is 9.97 Å². The van der Waals surface area contributed by atoms with Crippen molar-refractivity contribution in [3.63, 3.8) is 0 Å². The Morgan fingerprint density at radius 2 is 1.34 bits per heavy atom. The largest absolute Gasteiger partial charge is 0.481 e. The lowest BCUT2D eigenvalue weighted by atomic mass is 9.80. The van der Waals surface area contributed by atoms with Gasteiger partial charge in [-0.3, -0.25) is 29.0 Å². The van der Waals surface area contributed by atoms with Crippen LogP contribution in [-0.4, -0.2) is 89.5 Å². The Hall–Kier alpha value is -5.56. The van der Waals surface area contributed by atoms with Crippen LogP contribution in [0.5, 0.6) is 0 Å². The van der Waals surface area contributed by atoms with Gasteiger partial charge in [0.15, 0.2) is 11.6 Å². The lowest BCUT2D eigenvalue weighted by Crippen LogP contribution is -2.34. The number of aromatic amines is 1. The fourth-order valence-corrected chi connectivity index (χ4v) is 12.8. The van der Waals surface area contributed by atoms with Crippen LogP contribution >= 0.6 is 11.6 Å². The number of anilines is 2. The summed E-state index contributed by atoms with van der Waals surface area (Å²) in [6.45, 7) is 4.64. The number of carbonyl (C=O) groups excluding carboxylic acids is 2. The Kier molecular flexibility index (Phi) is 10.5. The van der Waals surface area contributed by atoms with Crippen LogP contribution < -0.4 is 10.6 Å². The van der Waals surface area contributed by atoms with Crippen molar-refractivity contribution in [2.75, 3.05) is 36.8 Å². The van der Waals surface area contributed by atoms with Gasteiger partial charge in [0.25, 0.3) is 11.8 Å². The van der Waals surface area contributed by atoms with Crippen LogP contribution in [-0.2, 0) is 42.6 Å². The fraction of sp³-hybridized carbons (Fsp3) is 0.521. The molecular weight excluding hydrogens is 834 g/mol. The van der Waals surface area contributed by atoms with Gasteiger partial charge in [-0.15, -0.1) is 0 Å². The minimum atomic E-state index is -0.642. The summed E-state index contributed by atoms with van der Waals surface area (Å²) >= 11 is 6.98. The Bertz CT molecular complexity index is 2630. The average Bonchev–Trinajstić information content (AvgIpc) is 4.16. The third-order valence-electron chi connectivity index (χ3n) is 16.4. The Labute approximate surface area is 376 Å². The molecule has 4 aliphatic carbocycles. The SMILES string of the molecule is Cn1c(C(=O)Nc2cccc(-c3cccc(NC(=O)c4nc5c([nH]4)CN(CCC46CCC(C(=O)O)(CC4)C6)CC5)c3Cl)c2C#N)nc2c1CCN(CCC13CCC(C(=O)O)(CC1)C3)C2. The van der Waals surface area contributed by atoms with Gasteiger partial charge < -0.3 is 30.4 Å². The maximum absolute atomic E-state index is 13.9. The van der Waals surface area contributed by atoms with E-state index in [0.29, 0.717) is 42.0 Å². The van der Waals surface area contributed by atoms with Crippen LogP contribution in [0.2, 0.25) is 5.02 Å². The highest BCUT2D eigenvalue weighted by Gasteiger charge is 2.59. The molecule has 2 aliphatic heterocycles. The molecule has 15 nitrogen and oxygen atoms in total.